The molecule has 1 aliphatic heterocycles. The molecule has 0 bridgehead atoms. The van der Waals surface area contributed by atoms with Crippen LogP contribution in [0, 0.1) is 0 Å². The van der Waals surface area contributed by atoms with Crippen molar-refractivity contribution >= 4 is 27.5 Å². The topological polar surface area (TPSA) is 84.5 Å². The molecule has 3 aromatic rings. The van der Waals surface area contributed by atoms with E-state index in [-0.39, 0.29) is 43.7 Å². The summed E-state index contributed by atoms with van der Waals surface area (Å²) in [6.07, 6.45) is -9.35. The summed E-state index contributed by atoms with van der Waals surface area (Å²) in [6, 6.07) is 8.68. The van der Waals surface area contributed by atoms with Crippen LogP contribution in [0.4, 0.5) is 22.0 Å². The van der Waals surface area contributed by atoms with Crippen molar-refractivity contribution in [2.75, 3.05) is 13.1 Å². The lowest BCUT2D eigenvalue weighted by Gasteiger charge is -2.29. The van der Waals surface area contributed by atoms with Crippen molar-refractivity contribution in [3.63, 3.8) is 0 Å². The first-order chi connectivity index (χ1) is 17.5. The number of nitrogens with zero attached hydrogens (tertiary/aromatic N) is 3. The number of rotatable bonds is 7. The highest BCUT2D eigenvalue weighted by Crippen LogP contribution is 2.37. The number of thiophene rings is 1. The molecule has 200 valence electrons. The van der Waals surface area contributed by atoms with Gasteiger partial charge in [0.2, 0.25) is 0 Å². The first kappa shape index (κ1) is 27.0. The molecule has 37 heavy (non-hydrogen) atoms. The second-order valence-corrected chi connectivity index (χ2v) is 9.84. The number of piperidine rings is 1. The summed E-state index contributed by atoms with van der Waals surface area (Å²) in [5, 5.41) is 9.08. The van der Waals surface area contributed by atoms with E-state index in [1.807, 2.05) is 0 Å². The number of hydrogen-bond donors (Lipinski definition) is 1. The number of carbonyl (C=O) groups excluding carboxylic acids is 1. The quantitative estimate of drug-likeness (QED) is 0.456. The average Bonchev–Trinajstić information content (AvgIpc) is 3.25. The molecule has 0 unspecified atom stereocenters. The maximum Gasteiger partial charge on any atom is 0.390 e. The summed E-state index contributed by atoms with van der Waals surface area (Å²) < 4.78 is 69.2. The van der Waals surface area contributed by atoms with Crippen LogP contribution in [0.2, 0.25) is 0 Å². The highest BCUT2D eigenvalue weighted by atomic mass is 32.1. The van der Waals surface area contributed by atoms with E-state index in [1.165, 1.54) is 4.90 Å². The predicted molar refractivity (Wildman–Crippen MR) is 127 cm³/mol. The number of aryl methyl sites for hydroxylation is 2. The van der Waals surface area contributed by atoms with E-state index >= 15 is 0 Å². The molecule has 3 heterocycles. The van der Waals surface area contributed by atoms with Crippen LogP contribution < -0.4 is 11.2 Å². The molecular formula is C24H24F5N3O4S. The van der Waals surface area contributed by atoms with E-state index in [4.69, 9.17) is 0 Å². The Balaban J connectivity index is 1.88. The Morgan fingerprint density at radius 3 is 2.30 bits per heavy atom. The van der Waals surface area contributed by atoms with Gasteiger partial charge in [0, 0.05) is 26.2 Å². The summed E-state index contributed by atoms with van der Waals surface area (Å²) in [6.45, 7) is -0.940. The van der Waals surface area contributed by atoms with E-state index < -0.39 is 64.7 Å². The zero-order valence-electron chi connectivity index (χ0n) is 19.5. The van der Waals surface area contributed by atoms with Gasteiger partial charge < -0.3 is 10.0 Å². The molecule has 2 aromatic heterocycles. The Labute approximate surface area is 211 Å². The first-order valence-electron chi connectivity index (χ1n) is 11.6. The molecule has 1 aliphatic rings. The van der Waals surface area contributed by atoms with Crippen molar-refractivity contribution in [3.8, 4) is 0 Å². The lowest BCUT2D eigenvalue weighted by molar-refractivity contribution is -0.136. The van der Waals surface area contributed by atoms with Crippen molar-refractivity contribution in [1.29, 1.82) is 0 Å². The number of aromatic nitrogens is 2. The van der Waals surface area contributed by atoms with Gasteiger partial charge in [0.1, 0.15) is 9.71 Å². The third-order valence-corrected chi connectivity index (χ3v) is 7.56. The van der Waals surface area contributed by atoms with Crippen molar-refractivity contribution in [2.24, 2.45) is 0 Å². The fraction of sp³-hybridized carbons (Fsp3) is 0.458. The molecule has 0 saturated carbocycles. The fourth-order valence-electron chi connectivity index (χ4n) is 4.38. The SMILES string of the molecule is O=C(c1sc2c(c1C(F)F)c(=O)n(CCc1ccccc1)c(=O)n2CCC(F)(F)F)N1CCC(O)CC1. The van der Waals surface area contributed by atoms with Crippen LogP contribution in [0.1, 0.15) is 46.5 Å². The second-order valence-electron chi connectivity index (χ2n) is 8.84. The Morgan fingerprint density at radius 1 is 1.05 bits per heavy atom. The Bertz CT molecular complexity index is 1390. The van der Waals surface area contributed by atoms with Gasteiger partial charge in [0.15, 0.2) is 0 Å². The van der Waals surface area contributed by atoms with E-state index in [0.29, 0.717) is 20.5 Å². The molecule has 0 spiro atoms. The second kappa shape index (κ2) is 10.7. The summed E-state index contributed by atoms with van der Waals surface area (Å²) in [7, 11) is 0. The molecule has 1 saturated heterocycles. The van der Waals surface area contributed by atoms with E-state index in [1.54, 1.807) is 30.3 Å². The van der Waals surface area contributed by atoms with E-state index in [9.17, 15) is 41.4 Å². The number of alkyl halides is 5. The largest absolute Gasteiger partial charge is 0.393 e. The molecule has 13 heteroatoms. The average molecular weight is 546 g/mol. The number of halogens is 5. The molecule has 1 fully saturated rings. The van der Waals surface area contributed by atoms with Crippen LogP contribution in [-0.4, -0.2) is 50.4 Å². The molecule has 0 radical (unpaired) electrons. The lowest BCUT2D eigenvalue weighted by atomic mass is 10.1. The van der Waals surface area contributed by atoms with Crippen LogP contribution in [-0.2, 0) is 19.5 Å². The molecule has 0 aliphatic carbocycles. The maximum atomic E-state index is 14.3. The van der Waals surface area contributed by atoms with Crippen LogP contribution in [0.3, 0.4) is 0 Å². The fourth-order valence-corrected chi connectivity index (χ4v) is 5.67. The molecule has 4 rings (SSSR count). The van der Waals surface area contributed by atoms with Crippen LogP contribution in [0.5, 0.6) is 0 Å². The number of aliphatic hydroxyl groups excluding tert-OH is 1. The molecular weight excluding hydrogens is 521 g/mol. The maximum absolute atomic E-state index is 14.3. The number of likely N-dealkylation sites (tertiary alicyclic amines) is 1. The standard InChI is InChI=1S/C24H24F5N3O4S/c25-19(26)16-17-20(34)31(12-6-14-4-2-1-3-5-14)23(36)32(13-9-24(27,28)29)22(17)37-18(16)21(35)30-10-7-15(33)8-11-30/h1-5,15,19,33H,6-13H2. The number of carbonyl (C=O) groups is 1. The zero-order chi connectivity index (χ0) is 26.9. The predicted octanol–water partition coefficient (Wildman–Crippen LogP) is 3.95. The number of hydrogen-bond acceptors (Lipinski definition) is 5. The molecule has 0 atom stereocenters. The molecule has 1 aromatic carbocycles. The van der Waals surface area contributed by atoms with Gasteiger partial charge in [-0.05, 0) is 24.8 Å². The van der Waals surface area contributed by atoms with Gasteiger partial charge in [0.25, 0.3) is 17.9 Å². The highest BCUT2D eigenvalue weighted by molar-refractivity contribution is 7.20. The van der Waals surface area contributed by atoms with Crippen molar-refractivity contribution < 1.29 is 31.9 Å². The van der Waals surface area contributed by atoms with Gasteiger partial charge >= 0.3 is 11.9 Å². The number of fused-ring (bicyclic) bond motifs is 1. The minimum absolute atomic E-state index is 0.0963. The Hall–Kier alpha value is -3.06. The van der Waals surface area contributed by atoms with Crippen LogP contribution in [0.15, 0.2) is 39.9 Å². The van der Waals surface area contributed by atoms with Crippen LogP contribution in [0.25, 0.3) is 10.2 Å². The molecule has 1 N–H and O–H groups in total. The minimum Gasteiger partial charge on any atom is -0.393 e. The van der Waals surface area contributed by atoms with Gasteiger partial charge in [0.05, 0.1) is 23.5 Å². The lowest BCUT2D eigenvalue weighted by Crippen LogP contribution is -2.41. The third-order valence-electron chi connectivity index (χ3n) is 6.34. The monoisotopic (exact) mass is 545 g/mol. The number of amides is 1. The Kier molecular flexibility index (Phi) is 7.83. The van der Waals surface area contributed by atoms with Gasteiger partial charge in [-0.2, -0.15) is 13.2 Å². The van der Waals surface area contributed by atoms with E-state index in [2.05, 4.69) is 0 Å². The minimum atomic E-state index is -4.65. The third kappa shape index (κ3) is 5.77. The van der Waals surface area contributed by atoms with Crippen molar-refractivity contribution in [1.82, 2.24) is 14.0 Å². The summed E-state index contributed by atoms with van der Waals surface area (Å²) in [5.41, 5.74) is -2.27. The van der Waals surface area contributed by atoms with Gasteiger partial charge in [-0.1, -0.05) is 30.3 Å². The zero-order valence-corrected chi connectivity index (χ0v) is 20.3. The van der Waals surface area contributed by atoms with Gasteiger partial charge in [-0.25, -0.2) is 13.6 Å². The summed E-state index contributed by atoms with van der Waals surface area (Å²) >= 11 is 0.432. The number of aliphatic hydroxyl groups is 1. The first-order valence-corrected chi connectivity index (χ1v) is 12.5. The number of benzene rings is 1. The summed E-state index contributed by atoms with van der Waals surface area (Å²) in [5.74, 6) is -0.812. The summed E-state index contributed by atoms with van der Waals surface area (Å²) in [4.78, 5) is 40.1. The normalized spacial score (nSPS) is 15.2. The van der Waals surface area contributed by atoms with Gasteiger partial charge in [-0.15, -0.1) is 11.3 Å². The highest BCUT2D eigenvalue weighted by Gasteiger charge is 2.34. The van der Waals surface area contributed by atoms with Gasteiger partial charge in [-0.3, -0.25) is 18.7 Å². The Morgan fingerprint density at radius 2 is 1.70 bits per heavy atom. The molecule has 1 amide bonds. The van der Waals surface area contributed by atoms with Crippen LogP contribution >= 0.6 is 11.3 Å². The smallest absolute Gasteiger partial charge is 0.390 e. The van der Waals surface area contributed by atoms with E-state index in [0.717, 1.165) is 5.56 Å². The van der Waals surface area contributed by atoms with Crippen molar-refractivity contribution in [2.45, 2.75) is 57.5 Å². The molecule has 7 nitrogen and oxygen atoms in total. The van der Waals surface area contributed by atoms with Crippen molar-refractivity contribution in [3.05, 3.63) is 67.2 Å².